The molecular formula is C10H10O5. The Kier molecular flexibility index (Phi) is 2.47. The summed E-state index contributed by atoms with van der Waals surface area (Å²) in [6.07, 6.45) is -1.42. The zero-order chi connectivity index (χ0) is 10.8. The molecule has 0 fully saturated rings. The van der Waals surface area contributed by atoms with Crippen LogP contribution in [-0.4, -0.2) is 23.0 Å². The zero-order valence-corrected chi connectivity index (χ0v) is 7.84. The Balaban J connectivity index is 2.28. The minimum atomic E-state index is -1.07. The molecule has 1 atom stereocenters. The molecule has 5 heteroatoms. The smallest absolute Gasteiger partial charge is 0.306 e. The predicted octanol–water partition coefficient (Wildman–Crippen LogP) is 0.923. The quantitative estimate of drug-likeness (QED) is 0.775. The second kappa shape index (κ2) is 3.78. The van der Waals surface area contributed by atoms with Crippen molar-refractivity contribution in [2.45, 2.75) is 12.5 Å². The SMILES string of the molecule is O=C(O)CC(O)c1cccc2c1OCO2. The second-order valence-corrected chi connectivity index (χ2v) is 3.19. The molecule has 1 aliphatic heterocycles. The number of carboxylic acids is 1. The van der Waals surface area contributed by atoms with Gasteiger partial charge in [0.25, 0.3) is 0 Å². The van der Waals surface area contributed by atoms with Gasteiger partial charge >= 0.3 is 5.97 Å². The topological polar surface area (TPSA) is 76.0 Å². The van der Waals surface area contributed by atoms with Gasteiger partial charge in [-0.1, -0.05) is 12.1 Å². The third-order valence-corrected chi connectivity index (χ3v) is 2.15. The van der Waals surface area contributed by atoms with Gasteiger partial charge in [0.05, 0.1) is 12.5 Å². The van der Waals surface area contributed by atoms with Crippen LogP contribution in [-0.2, 0) is 4.79 Å². The number of aliphatic carboxylic acids is 1. The molecule has 0 amide bonds. The van der Waals surface area contributed by atoms with Crippen molar-refractivity contribution >= 4 is 5.97 Å². The molecule has 1 aromatic rings. The van der Waals surface area contributed by atoms with Crippen LogP contribution >= 0.6 is 0 Å². The number of benzene rings is 1. The van der Waals surface area contributed by atoms with E-state index in [2.05, 4.69) is 0 Å². The zero-order valence-electron chi connectivity index (χ0n) is 7.84. The summed E-state index contributed by atoms with van der Waals surface area (Å²) in [6, 6.07) is 5.02. The van der Waals surface area contributed by atoms with E-state index in [0.29, 0.717) is 17.1 Å². The number of fused-ring (bicyclic) bond motifs is 1. The van der Waals surface area contributed by atoms with E-state index >= 15 is 0 Å². The molecule has 80 valence electrons. The number of carbonyl (C=O) groups is 1. The molecule has 1 aromatic carbocycles. The van der Waals surface area contributed by atoms with Crippen LogP contribution in [0.3, 0.4) is 0 Å². The van der Waals surface area contributed by atoms with Gasteiger partial charge < -0.3 is 19.7 Å². The lowest BCUT2D eigenvalue weighted by Crippen LogP contribution is -2.06. The summed E-state index contributed by atoms with van der Waals surface area (Å²) in [5.74, 6) is -0.0813. The van der Waals surface area contributed by atoms with Crippen molar-refractivity contribution in [2.75, 3.05) is 6.79 Å². The molecule has 1 heterocycles. The number of aliphatic hydroxyl groups excluding tert-OH is 1. The standard InChI is InChI=1S/C10H10O5/c11-7(4-9(12)13)6-2-1-3-8-10(6)15-5-14-8/h1-3,7,11H,4-5H2,(H,12,13). The summed E-state index contributed by atoms with van der Waals surface area (Å²) in [6.45, 7) is 0.103. The lowest BCUT2D eigenvalue weighted by atomic mass is 10.1. The summed E-state index contributed by atoms with van der Waals surface area (Å²) < 4.78 is 10.3. The van der Waals surface area contributed by atoms with Crippen molar-refractivity contribution in [1.29, 1.82) is 0 Å². The number of rotatable bonds is 3. The number of aliphatic hydroxyl groups is 1. The Bertz CT molecular complexity index is 387. The molecule has 0 saturated carbocycles. The lowest BCUT2D eigenvalue weighted by Gasteiger charge is -2.10. The Labute approximate surface area is 85.9 Å². The van der Waals surface area contributed by atoms with Crippen LogP contribution in [0.15, 0.2) is 18.2 Å². The predicted molar refractivity (Wildman–Crippen MR) is 49.8 cm³/mol. The highest BCUT2D eigenvalue weighted by molar-refractivity contribution is 5.68. The summed E-state index contributed by atoms with van der Waals surface area (Å²) in [5, 5.41) is 18.2. The van der Waals surface area contributed by atoms with Gasteiger partial charge in [-0.15, -0.1) is 0 Å². The molecule has 0 saturated heterocycles. The number of para-hydroxylation sites is 1. The molecule has 1 unspecified atom stereocenters. The monoisotopic (exact) mass is 210 g/mol. The third-order valence-electron chi connectivity index (χ3n) is 2.15. The number of hydrogen-bond acceptors (Lipinski definition) is 4. The van der Waals surface area contributed by atoms with Gasteiger partial charge in [0.1, 0.15) is 0 Å². The van der Waals surface area contributed by atoms with Crippen molar-refractivity contribution in [3.05, 3.63) is 23.8 Å². The summed E-state index contributed by atoms with van der Waals surface area (Å²) in [5.41, 5.74) is 0.451. The van der Waals surface area contributed by atoms with Crippen LogP contribution in [0.2, 0.25) is 0 Å². The Hall–Kier alpha value is -1.75. The Morgan fingerprint density at radius 2 is 2.27 bits per heavy atom. The molecule has 0 radical (unpaired) electrons. The largest absolute Gasteiger partial charge is 0.481 e. The third kappa shape index (κ3) is 1.87. The number of ether oxygens (including phenoxy) is 2. The molecule has 0 spiro atoms. The van der Waals surface area contributed by atoms with E-state index in [9.17, 15) is 9.90 Å². The molecule has 0 aromatic heterocycles. The highest BCUT2D eigenvalue weighted by Gasteiger charge is 2.23. The van der Waals surface area contributed by atoms with Crippen molar-refractivity contribution in [2.24, 2.45) is 0 Å². The van der Waals surface area contributed by atoms with Crippen LogP contribution in [0, 0.1) is 0 Å². The molecule has 15 heavy (non-hydrogen) atoms. The van der Waals surface area contributed by atoms with Crippen LogP contribution in [0.25, 0.3) is 0 Å². The van der Waals surface area contributed by atoms with Crippen LogP contribution < -0.4 is 9.47 Å². The van der Waals surface area contributed by atoms with Gasteiger partial charge in [-0.25, -0.2) is 0 Å². The van der Waals surface area contributed by atoms with E-state index in [0.717, 1.165) is 0 Å². The van der Waals surface area contributed by atoms with Crippen molar-refractivity contribution in [3.63, 3.8) is 0 Å². The van der Waals surface area contributed by atoms with Crippen molar-refractivity contribution in [1.82, 2.24) is 0 Å². The molecule has 0 aliphatic carbocycles. The van der Waals surface area contributed by atoms with E-state index < -0.39 is 12.1 Å². The van der Waals surface area contributed by atoms with Gasteiger partial charge in [-0.3, -0.25) is 4.79 Å². The number of hydrogen-bond donors (Lipinski definition) is 2. The Morgan fingerprint density at radius 1 is 1.47 bits per heavy atom. The van der Waals surface area contributed by atoms with E-state index in [1.807, 2.05) is 0 Å². The minimum absolute atomic E-state index is 0.103. The number of carboxylic acid groups (broad SMARTS) is 1. The first-order valence-electron chi connectivity index (χ1n) is 4.47. The fourth-order valence-electron chi connectivity index (χ4n) is 1.49. The molecule has 0 bridgehead atoms. The summed E-state index contributed by atoms with van der Waals surface area (Å²) in [7, 11) is 0. The molecule has 1 aliphatic rings. The van der Waals surface area contributed by atoms with Crippen molar-refractivity contribution in [3.8, 4) is 11.5 Å². The van der Waals surface area contributed by atoms with Gasteiger partial charge in [-0.2, -0.15) is 0 Å². The maximum atomic E-state index is 10.5. The van der Waals surface area contributed by atoms with Crippen molar-refractivity contribution < 1.29 is 24.5 Å². The molecular weight excluding hydrogens is 200 g/mol. The first-order valence-corrected chi connectivity index (χ1v) is 4.47. The minimum Gasteiger partial charge on any atom is -0.481 e. The van der Waals surface area contributed by atoms with E-state index in [1.165, 1.54) is 0 Å². The molecule has 5 nitrogen and oxygen atoms in total. The first kappa shape index (κ1) is 9.79. The van der Waals surface area contributed by atoms with Crippen LogP contribution in [0.1, 0.15) is 18.1 Å². The van der Waals surface area contributed by atoms with Crippen LogP contribution in [0.5, 0.6) is 11.5 Å². The van der Waals surface area contributed by atoms with Gasteiger partial charge in [0.2, 0.25) is 6.79 Å². The maximum absolute atomic E-state index is 10.5. The Morgan fingerprint density at radius 3 is 3.00 bits per heavy atom. The van der Waals surface area contributed by atoms with Gasteiger partial charge in [-0.05, 0) is 6.07 Å². The molecule has 2 rings (SSSR count). The normalized spacial score (nSPS) is 15.0. The highest BCUT2D eigenvalue weighted by Crippen LogP contribution is 2.39. The second-order valence-electron chi connectivity index (χ2n) is 3.19. The van der Waals surface area contributed by atoms with Gasteiger partial charge in [0, 0.05) is 5.56 Å². The lowest BCUT2D eigenvalue weighted by molar-refractivity contribution is -0.139. The fourth-order valence-corrected chi connectivity index (χ4v) is 1.49. The van der Waals surface area contributed by atoms with Gasteiger partial charge in [0.15, 0.2) is 11.5 Å². The van der Waals surface area contributed by atoms with E-state index in [-0.39, 0.29) is 13.2 Å². The van der Waals surface area contributed by atoms with E-state index in [1.54, 1.807) is 18.2 Å². The molecule has 2 N–H and O–H groups in total. The average Bonchev–Trinajstić information content (AvgIpc) is 2.63. The highest BCUT2D eigenvalue weighted by atomic mass is 16.7. The first-order chi connectivity index (χ1) is 7.18. The average molecular weight is 210 g/mol. The van der Waals surface area contributed by atoms with Crippen LogP contribution in [0.4, 0.5) is 0 Å². The maximum Gasteiger partial charge on any atom is 0.306 e. The summed E-state index contributed by atoms with van der Waals surface area (Å²) in [4.78, 5) is 10.5. The van der Waals surface area contributed by atoms with E-state index in [4.69, 9.17) is 14.6 Å². The summed E-state index contributed by atoms with van der Waals surface area (Å²) >= 11 is 0. The fraction of sp³-hybridized carbons (Fsp3) is 0.300.